The van der Waals surface area contributed by atoms with Crippen molar-refractivity contribution in [1.29, 1.82) is 0 Å². The van der Waals surface area contributed by atoms with Gasteiger partial charge in [0.05, 0.1) is 12.1 Å². The number of hydrogen-bond acceptors (Lipinski definition) is 6. The van der Waals surface area contributed by atoms with Gasteiger partial charge in [-0.15, -0.1) is 0 Å². The average Bonchev–Trinajstić information content (AvgIpc) is 3.29. The lowest BCUT2D eigenvalue weighted by molar-refractivity contribution is 0.0889. The molecule has 3 atom stereocenters. The van der Waals surface area contributed by atoms with Crippen LogP contribution in [-0.4, -0.2) is 61.2 Å². The van der Waals surface area contributed by atoms with Gasteiger partial charge in [-0.3, -0.25) is 4.55 Å². The number of nitrogens with one attached hydrogen (secondary N) is 1. The zero-order chi connectivity index (χ0) is 27.1. The Morgan fingerprint density at radius 2 is 1.68 bits per heavy atom. The highest BCUT2D eigenvalue weighted by Gasteiger charge is 2.33. The molecule has 0 saturated heterocycles. The lowest BCUT2D eigenvalue weighted by Crippen LogP contribution is -2.51. The summed E-state index contributed by atoms with van der Waals surface area (Å²) in [7, 11) is -4.07. The molecule has 10 nitrogen and oxygen atoms in total. The molecule has 0 aliphatic rings. The minimum Gasteiger partial charge on any atom is -0.465 e. The van der Waals surface area contributed by atoms with Crippen LogP contribution < -0.4 is 11.1 Å². The van der Waals surface area contributed by atoms with Crippen molar-refractivity contribution in [2.75, 3.05) is 19.6 Å². The van der Waals surface area contributed by atoms with Gasteiger partial charge in [-0.05, 0) is 48.9 Å². The van der Waals surface area contributed by atoms with Crippen LogP contribution in [0.15, 0.2) is 63.4 Å². The number of nitrogens with two attached hydrogens (primary N) is 1. The molecule has 1 aromatic heterocycles. The Morgan fingerprint density at radius 3 is 2.24 bits per heavy atom. The molecule has 0 saturated carbocycles. The zero-order valence-electron chi connectivity index (χ0n) is 21.2. The van der Waals surface area contributed by atoms with Crippen LogP contribution in [0.3, 0.4) is 0 Å². The maximum atomic E-state index is 13.8. The number of hydrogen-bond donors (Lipinski definition) is 5. The van der Waals surface area contributed by atoms with Gasteiger partial charge in [-0.25, -0.2) is 13.3 Å². The molecule has 3 rings (SSSR count). The van der Waals surface area contributed by atoms with Gasteiger partial charge in [0.2, 0.25) is 9.99 Å². The fourth-order valence-electron chi connectivity index (χ4n) is 4.24. The molecule has 1 unspecified atom stereocenters. The summed E-state index contributed by atoms with van der Waals surface area (Å²) in [5, 5.41) is 22.9. The smallest absolute Gasteiger partial charge is 0.404 e. The van der Waals surface area contributed by atoms with Gasteiger partial charge < -0.3 is 30.1 Å². The fraction of sp³-hybridized carbons (Fsp3) is 0.462. The molecule has 0 aliphatic heterocycles. The summed E-state index contributed by atoms with van der Waals surface area (Å²) in [5.74, 6) is 0. The number of fused-ring (bicyclic) bond motifs is 1. The number of nitrogens with zero attached hydrogens (tertiary/aromatic N) is 1. The van der Waals surface area contributed by atoms with Crippen LogP contribution in [0.5, 0.6) is 0 Å². The number of carbonyl (C=O) groups is 1. The van der Waals surface area contributed by atoms with Crippen molar-refractivity contribution in [1.82, 2.24) is 9.62 Å². The molecule has 6 N–H and O–H groups in total. The molecule has 1 amide bonds. The predicted molar refractivity (Wildman–Crippen MR) is 142 cm³/mol. The van der Waals surface area contributed by atoms with E-state index in [1.807, 2.05) is 44.2 Å². The largest absolute Gasteiger partial charge is 0.465 e. The first-order valence-electron chi connectivity index (χ1n) is 12.3. The topological polar surface area (TPSA) is 162 Å². The monoisotopic (exact) mass is 535 g/mol. The molecule has 0 spiro atoms. The Balaban J connectivity index is 1.98. The van der Waals surface area contributed by atoms with E-state index in [9.17, 15) is 23.8 Å². The van der Waals surface area contributed by atoms with Crippen LogP contribution in [0.4, 0.5) is 4.79 Å². The highest BCUT2D eigenvalue weighted by molar-refractivity contribution is 7.87. The molecule has 11 heteroatoms. The van der Waals surface area contributed by atoms with Crippen molar-refractivity contribution in [3.63, 3.8) is 0 Å². The molecule has 0 radical (unpaired) electrons. The number of aliphatic hydroxyl groups is 1. The molecular weight excluding hydrogens is 498 g/mol. The van der Waals surface area contributed by atoms with E-state index in [0.29, 0.717) is 17.7 Å². The highest BCUT2D eigenvalue weighted by atomic mass is 32.2. The van der Waals surface area contributed by atoms with Gasteiger partial charge in [-0.2, -0.15) is 0 Å². The minimum atomic E-state index is -4.07. The van der Waals surface area contributed by atoms with Crippen LogP contribution in [0.1, 0.15) is 38.7 Å². The number of benzene rings is 2. The third-order valence-corrected chi connectivity index (χ3v) is 7.76. The maximum absolute atomic E-state index is 13.8. The Labute approximate surface area is 217 Å². The van der Waals surface area contributed by atoms with E-state index < -0.39 is 38.5 Å². The Bertz CT molecular complexity index is 1280. The van der Waals surface area contributed by atoms with Gasteiger partial charge in [-0.1, -0.05) is 62.7 Å². The van der Waals surface area contributed by atoms with Gasteiger partial charge in [0.15, 0.2) is 11.2 Å². The summed E-state index contributed by atoms with van der Waals surface area (Å²) in [6.07, 6.45) is -0.0346. The number of aliphatic hydroxyl groups excluding tert-OH is 1. The van der Waals surface area contributed by atoms with E-state index in [2.05, 4.69) is 5.32 Å². The molecule has 3 aromatic rings. The SMILES string of the molecule is CC(C)(CCCCN)CN(C[C@@H](O)[C@H](Cc1ccccc1)NC(=O)O)S(=O)(O)=c1oc2ccccc2o1. The molecular formula is C26H37N3O7S. The fourth-order valence-corrected chi connectivity index (χ4v) is 5.72. The second-order valence-electron chi connectivity index (χ2n) is 9.94. The molecule has 37 heavy (non-hydrogen) atoms. The molecule has 204 valence electrons. The first-order chi connectivity index (χ1) is 17.5. The van der Waals surface area contributed by atoms with E-state index in [1.54, 1.807) is 24.3 Å². The second kappa shape index (κ2) is 12.6. The maximum Gasteiger partial charge on any atom is 0.404 e. The lowest BCUT2D eigenvalue weighted by Gasteiger charge is -2.34. The molecule has 0 bridgehead atoms. The van der Waals surface area contributed by atoms with Crippen molar-refractivity contribution < 1.29 is 32.6 Å². The second-order valence-corrected chi connectivity index (χ2v) is 11.8. The van der Waals surface area contributed by atoms with Crippen LogP contribution in [-0.2, 0) is 16.4 Å². The number of rotatable bonds is 13. The average molecular weight is 536 g/mol. The minimum absolute atomic E-state index is 0.113. The van der Waals surface area contributed by atoms with Crippen molar-refractivity contribution in [2.45, 2.75) is 51.7 Å². The quantitative estimate of drug-likeness (QED) is 0.162. The predicted octanol–water partition coefficient (Wildman–Crippen LogP) is 3.93. The number of carboxylic acid groups (broad SMARTS) is 1. The standard InChI is InChI=1S/C26H37N3O7S/c1-26(2,14-8-9-15-27)18-29(37(33,34)25-35-22-12-6-7-13-23(22)36-25)17-21(30)20(28-24(31)32)16-19-10-4-3-5-11-19/h3-7,10-13,20-21,28,30H,8-9,14-18,27H2,1-2H3,(H,31,32)(H,33,34)/t20-,21+/m0/s1. The van der Waals surface area contributed by atoms with Gasteiger partial charge in [0, 0.05) is 13.1 Å². The zero-order valence-corrected chi connectivity index (χ0v) is 22.0. The van der Waals surface area contributed by atoms with Crippen LogP contribution in [0.25, 0.3) is 11.2 Å². The number of para-hydroxylation sites is 2. The Morgan fingerprint density at radius 1 is 1.08 bits per heavy atom. The summed E-state index contributed by atoms with van der Waals surface area (Å²) in [4.78, 5) is 11.0. The lowest BCUT2D eigenvalue weighted by atomic mass is 9.87. The molecule has 0 fully saturated rings. The van der Waals surface area contributed by atoms with Crippen molar-refractivity contribution in [3.8, 4) is 0 Å². The first kappa shape index (κ1) is 28.7. The first-order valence-corrected chi connectivity index (χ1v) is 13.7. The number of unbranched alkanes of at least 4 members (excludes halogenated alkanes) is 1. The van der Waals surface area contributed by atoms with E-state index in [1.165, 1.54) is 4.31 Å². The number of amides is 1. The van der Waals surface area contributed by atoms with Crippen LogP contribution >= 0.6 is 0 Å². The van der Waals surface area contributed by atoms with Crippen LogP contribution in [0, 0.1) is 10.3 Å². The van der Waals surface area contributed by atoms with Crippen molar-refractivity contribution >= 4 is 27.2 Å². The van der Waals surface area contributed by atoms with Crippen molar-refractivity contribution in [2.24, 2.45) is 11.1 Å². The normalized spacial score (nSPS) is 15.4. The Hall–Kier alpha value is -2.83. The summed E-state index contributed by atoms with van der Waals surface area (Å²) in [5.41, 5.74) is 6.65. The molecule has 2 aromatic carbocycles. The molecule has 0 aliphatic carbocycles. The summed E-state index contributed by atoms with van der Waals surface area (Å²) < 4.78 is 37.5. The van der Waals surface area contributed by atoms with Crippen LogP contribution in [0.2, 0.25) is 0 Å². The summed E-state index contributed by atoms with van der Waals surface area (Å²) in [6.45, 7) is 4.28. The molecule has 1 heterocycles. The van der Waals surface area contributed by atoms with E-state index >= 15 is 0 Å². The van der Waals surface area contributed by atoms with Crippen molar-refractivity contribution in [3.05, 3.63) is 65.1 Å². The summed E-state index contributed by atoms with van der Waals surface area (Å²) >= 11 is 0. The Kier molecular flexibility index (Phi) is 9.80. The third-order valence-electron chi connectivity index (χ3n) is 6.18. The van der Waals surface area contributed by atoms with Gasteiger partial charge in [0.1, 0.15) is 0 Å². The van der Waals surface area contributed by atoms with Gasteiger partial charge >= 0.3 is 11.0 Å². The highest BCUT2D eigenvalue weighted by Crippen LogP contribution is 2.28. The summed E-state index contributed by atoms with van der Waals surface area (Å²) in [6, 6.07) is 14.9. The van der Waals surface area contributed by atoms with E-state index in [-0.39, 0.29) is 19.5 Å². The van der Waals surface area contributed by atoms with E-state index in [0.717, 1.165) is 24.8 Å². The third kappa shape index (κ3) is 8.08. The van der Waals surface area contributed by atoms with Gasteiger partial charge in [0.25, 0.3) is 0 Å². The van der Waals surface area contributed by atoms with E-state index in [4.69, 9.17) is 14.6 Å².